The van der Waals surface area contributed by atoms with Gasteiger partial charge in [-0.25, -0.2) is 0 Å². The Morgan fingerprint density at radius 1 is 1.36 bits per heavy atom. The molecule has 74 valence electrons. The van der Waals surface area contributed by atoms with Gasteiger partial charge in [-0.2, -0.15) is 10.1 Å². The summed E-state index contributed by atoms with van der Waals surface area (Å²) in [6.45, 7) is 3.56. The Balaban J connectivity index is 2.61. The van der Waals surface area contributed by atoms with E-state index in [4.69, 9.17) is 16.1 Å². The first-order valence-electron chi connectivity index (χ1n) is 4.09. The summed E-state index contributed by atoms with van der Waals surface area (Å²) in [5.41, 5.74) is 1.44. The Morgan fingerprint density at radius 3 is 2.50 bits per heavy atom. The van der Waals surface area contributed by atoms with Crippen LogP contribution in [0.3, 0.4) is 0 Å². The molecule has 0 unspecified atom stereocenters. The molecule has 6 heteroatoms. The Bertz CT molecular complexity index is 474. The second-order valence-corrected chi connectivity index (χ2v) is 3.39. The number of hydrogen-bond acceptors (Lipinski definition) is 4. The first kappa shape index (κ1) is 9.21. The predicted octanol–water partition coefficient (Wildman–Crippen LogP) is 1.74. The van der Waals surface area contributed by atoms with E-state index >= 15 is 0 Å². The second-order valence-electron chi connectivity index (χ2n) is 3.01. The van der Waals surface area contributed by atoms with Gasteiger partial charge in [-0.3, -0.25) is 4.68 Å². The molecule has 0 aliphatic heterocycles. The van der Waals surface area contributed by atoms with Gasteiger partial charge in [-0.1, -0.05) is 16.8 Å². The van der Waals surface area contributed by atoms with Crippen LogP contribution >= 0.6 is 11.6 Å². The Labute approximate surface area is 85.7 Å². The smallest absolute Gasteiger partial charge is 0.223 e. The van der Waals surface area contributed by atoms with Crippen molar-refractivity contribution in [2.75, 3.05) is 0 Å². The molecular formula is C8H9ClN4O. The van der Waals surface area contributed by atoms with E-state index < -0.39 is 0 Å². The lowest BCUT2D eigenvalue weighted by Gasteiger charge is -1.94. The maximum absolute atomic E-state index is 6.05. The van der Waals surface area contributed by atoms with E-state index in [9.17, 15) is 0 Å². The third-order valence-corrected chi connectivity index (χ3v) is 2.34. The van der Waals surface area contributed by atoms with Gasteiger partial charge in [0.15, 0.2) is 0 Å². The molecule has 0 aromatic carbocycles. The molecule has 0 aliphatic carbocycles. The summed E-state index contributed by atoms with van der Waals surface area (Å²) >= 11 is 6.05. The zero-order valence-corrected chi connectivity index (χ0v) is 8.83. The molecule has 5 nitrogen and oxygen atoms in total. The zero-order valence-electron chi connectivity index (χ0n) is 8.08. The molecule has 2 aromatic heterocycles. The first-order chi connectivity index (χ1) is 6.59. The molecule has 2 rings (SSSR count). The van der Waals surface area contributed by atoms with Gasteiger partial charge in [0.2, 0.25) is 11.7 Å². The summed E-state index contributed by atoms with van der Waals surface area (Å²) in [4.78, 5) is 4.09. The van der Waals surface area contributed by atoms with Crippen molar-refractivity contribution in [3.63, 3.8) is 0 Å². The standard InChI is InChI=1S/C8H9ClN4O/c1-4-6(9)7(13(3)11-4)8-10-5(2)14-12-8/h1-3H3. The molecule has 0 radical (unpaired) electrons. The maximum atomic E-state index is 6.05. The van der Waals surface area contributed by atoms with Crippen molar-refractivity contribution in [1.82, 2.24) is 19.9 Å². The Hall–Kier alpha value is -1.36. The summed E-state index contributed by atoms with van der Waals surface area (Å²) in [6, 6.07) is 0. The normalized spacial score (nSPS) is 10.9. The minimum absolute atomic E-state index is 0.468. The van der Waals surface area contributed by atoms with Crippen molar-refractivity contribution in [2.24, 2.45) is 7.05 Å². The highest BCUT2D eigenvalue weighted by Gasteiger charge is 2.17. The topological polar surface area (TPSA) is 56.7 Å². The summed E-state index contributed by atoms with van der Waals surface area (Å²) in [5, 5.41) is 8.51. The summed E-state index contributed by atoms with van der Waals surface area (Å²) in [6.07, 6.45) is 0. The molecule has 0 saturated heterocycles. The highest BCUT2D eigenvalue weighted by molar-refractivity contribution is 6.33. The van der Waals surface area contributed by atoms with E-state index in [1.807, 2.05) is 6.92 Å². The van der Waals surface area contributed by atoms with E-state index in [2.05, 4.69) is 15.2 Å². The van der Waals surface area contributed by atoms with Crippen molar-refractivity contribution in [3.8, 4) is 11.5 Å². The number of rotatable bonds is 1. The molecule has 14 heavy (non-hydrogen) atoms. The van der Waals surface area contributed by atoms with Crippen LogP contribution in [0.15, 0.2) is 4.52 Å². The van der Waals surface area contributed by atoms with Crippen molar-refractivity contribution in [1.29, 1.82) is 0 Å². The summed E-state index contributed by atoms with van der Waals surface area (Å²) < 4.78 is 6.52. The molecule has 0 amide bonds. The van der Waals surface area contributed by atoms with E-state index in [-0.39, 0.29) is 0 Å². The van der Waals surface area contributed by atoms with E-state index in [0.717, 1.165) is 5.69 Å². The maximum Gasteiger partial charge on any atom is 0.223 e. The third kappa shape index (κ3) is 1.29. The SMILES string of the molecule is Cc1nc(-c2c(Cl)c(C)nn2C)no1. The molecule has 2 heterocycles. The third-order valence-electron chi connectivity index (χ3n) is 1.89. The van der Waals surface area contributed by atoms with Gasteiger partial charge in [0.1, 0.15) is 5.69 Å². The second kappa shape index (κ2) is 3.09. The van der Waals surface area contributed by atoms with Crippen LogP contribution in [0.4, 0.5) is 0 Å². The lowest BCUT2D eigenvalue weighted by atomic mass is 10.3. The van der Waals surface area contributed by atoms with Crippen LogP contribution in [-0.4, -0.2) is 19.9 Å². The molecule has 2 aromatic rings. The Morgan fingerprint density at radius 2 is 2.07 bits per heavy atom. The number of nitrogens with zero attached hydrogens (tertiary/aromatic N) is 4. The van der Waals surface area contributed by atoms with Gasteiger partial charge >= 0.3 is 0 Å². The van der Waals surface area contributed by atoms with Crippen molar-refractivity contribution >= 4 is 11.6 Å². The lowest BCUT2D eigenvalue weighted by molar-refractivity contribution is 0.394. The molecule has 0 saturated carbocycles. The van der Waals surface area contributed by atoms with Crippen molar-refractivity contribution in [3.05, 3.63) is 16.6 Å². The fraction of sp³-hybridized carbons (Fsp3) is 0.375. The molecule has 0 spiro atoms. The lowest BCUT2D eigenvalue weighted by Crippen LogP contribution is -1.95. The van der Waals surface area contributed by atoms with Crippen LogP contribution < -0.4 is 0 Å². The molecular weight excluding hydrogens is 204 g/mol. The minimum Gasteiger partial charge on any atom is -0.339 e. The fourth-order valence-electron chi connectivity index (χ4n) is 1.27. The highest BCUT2D eigenvalue weighted by atomic mass is 35.5. The average molecular weight is 213 g/mol. The van der Waals surface area contributed by atoms with Crippen molar-refractivity contribution < 1.29 is 4.52 Å². The summed E-state index contributed by atoms with van der Waals surface area (Å²) in [7, 11) is 1.79. The molecule has 0 N–H and O–H groups in total. The average Bonchev–Trinajstić information content (AvgIpc) is 2.60. The van der Waals surface area contributed by atoms with Crippen molar-refractivity contribution in [2.45, 2.75) is 13.8 Å². The zero-order chi connectivity index (χ0) is 10.3. The first-order valence-corrected chi connectivity index (χ1v) is 4.47. The summed E-state index contributed by atoms with van der Waals surface area (Å²) in [5.74, 6) is 0.977. The quantitative estimate of drug-likeness (QED) is 0.723. The predicted molar refractivity (Wildman–Crippen MR) is 51.0 cm³/mol. The molecule has 0 fully saturated rings. The fourth-order valence-corrected chi connectivity index (χ4v) is 1.52. The molecule has 0 bridgehead atoms. The largest absolute Gasteiger partial charge is 0.339 e. The minimum atomic E-state index is 0.468. The van der Waals surface area contributed by atoms with Gasteiger partial charge in [0, 0.05) is 14.0 Å². The molecule has 0 aliphatic rings. The van der Waals surface area contributed by atoms with Crippen LogP contribution in [-0.2, 0) is 7.05 Å². The van der Waals surface area contributed by atoms with E-state index in [1.165, 1.54) is 0 Å². The van der Waals surface area contributed by atoms with E-state index in [1.54, 1.807) is 18.7 Å². The number of hydrogen-bond donors (Lipinski definition) is 0. The van der Waals surface area contributed by atoms with Gasteiger partial charge in [-0.05, 0) is 6.92 Å². The van der Waals surface area contributed by atoms with E-state index in [0.29, 0.717) is 22.4 Å². The van der Waals surface area contributed by atoms with Gasteiger partial charge < -0.3 is 4.52 Å². The van der Waals surface area contributed by atoms with Gasteiger partial charge in [0.05, 0.1) is 10.7 Å². The van der Waals surface area contributed by atoms with Gasteiger partial charge in [0.25, 0.3) is 0 Å². The highest BCUT2D eigenvalue weighted by Crippen LogP contribution is 2.27. The number of aryl methyl sites for hydroxylation is 3. The van der Waals surface area contributed by atoms with Crippen LogP contribution in [0.2, 0.25) is 5.02 Å². The van der Waals surface area contributed by atoms with Gasteiger partial charge in [-0.15, -0.1) is 0 Å². The molecule has 0 atom stereocenters. The Kier molecular flexibility index (Phi) is 2.03. The van der Waals surface area contributed by atoms with Crippen LogP contribution in [0.5, 0.6) is 0 Å². The van der Waals surface area contributed by atoms with Crippen LogP contribution in [0, 0.1) is 13.8 Å². The number of halogens is 1. The number of aromatic nitrogens is 4. The monoisotopic (exact) mass is 212 g/mol. The van der Waals surface area contributed by atoms with Crippen LogP contribution in [0.1, 0.15) is 11.6 Å². The van der Waals surface area contributed by atoms with Crippen LogP contribution in [0.25, 0.3) is 11.5 Å².